The number of benzene rings is 3. The molecule has 0 heterocycles. The van der Waals surface area contributed by atoms with Crippen molar-refractivity contribution in [1.82, 2.24) is 0 Å². The van der Waals surface area contributed by atoms with Gasteiger partial charge in [-0.2, -0.15) is 5.26 Å². The molecule has 0 spiro atoms. The van der Waals surface area contributed by atoms with Crippen LogP contribution in [0.5, 0.6) is 0 Å². The number of hydrogen-bond donors (Lipinski definition) is 0. The van der Waals surface area contributed by atoms with Crippen LogP contribution in [0.1, 0.15) is 16.7 Å². The van der Waals surface area contributed by atoms with Crippen LogP contribution in [0.25, 0.3) is 22.3 Å². The predicted octanol–water partition coefficient (Wildman–Crippen LogP) is 5.51. The van der Waals surface area contributed by atoms with Crippen molar-refractivity contribution in [3.8, 4) is 28.3 Å². The molecular formula is C21H17N. The third kappa shape index (κ3) is 2.64. The van der Waals surface area contributed by atoms with E-state index in [-0.39, 0.29) is 0 Å². The Morgan fingerprint density at radius 3 is 2.00 bits per heavy atom. The van der Waals surface area contributed by atoms with Crippen LogP contribution in [0.4, 0.5) is 0 Å². The summed E-state index contributed by atoms with van der Waals surface area (Å²) in [6.45, 7) is 4.14. The zero-order valence-electron chi connectivity index (χ0n) is 12.8. The second kappa shape index (κ2) is 5.87. The minimum absolute atomic E-state index is 0.716. The first-order valence-corrected chi connectivity index (χ1v) is 7.36. The molecule has 3 rings (SSSR count). The predicted molar refractivity (Wildman–Crippen MR) is 91.5 cm³/mol. The van der Waals surface area contributed by atoms with Crippen LogP contribution in [0, 0.1) is 25.2 Å². The smallest absolute Gasteiger partial charge is 0.0998 e. The molecule has 0 aliphatic carbocycles. The Morgan fingerprint density at radius 1 is 0.682 bits per heavy atom. The summed E-state index contributed by atoms with van der Waals surface area (Å²) in [5, 5.41) is 9.45. The maximum atomic E-state index is 9.45. The highest BCUT2D eigenvalue weighted by molar-refractivity contribution is 5.86. The summed E-state index contributed by atoms with van der Waals surface area (Å²) in [5.74, 6) is 0. The molecule has 0 radical (unpaired) electrons. The Bertz CT molecular complexity index is 855. The Hall–Kier alpha value is -2.85. The van der Waals surface area contributed by atoms with Gasteiger partial charge < -0.3 is 0 Å². The fourth-order valence-corrected chi connectivity index (χ4v) is 2.73. The van der Waals surface area contributed by atoms with E-state index in [1.54, 1.807) is 0 Å². The zero-order valence-corrected chi connectivity index (χ0v) is 12.8. The lowest BCUT2D eigenvalue weighted by Crippen LogP contribution is -1.91. The van der Waals surface area contributed by atoms with E-state index in [1.807, 2.05) is 30.3 Å². The van der Waals surface area contributed by atoms with Gasteiger partial charge in [-0.3, -0.25) is 0 Å². The number of nitriles is 1. The van der Waals surface area contributed by atoms with Gasteiger partial charge in [0, 0.05) is 5.56 Å². The fourth-order valence-electron chi connectivity index (χ4n) is 2.73. The van der Waals surface area contributed by atoms with Crippen LogP contribution in [0.15, 0.2) is 66.7 Å². The molecule has 0 unspecified atom stereocenters. The van der Waals surface area contributed by atoms with E-state index in [0.29, 0.717) is 5.56 Å². The van der Waals surface area contributed by atoms with E-state index in [4.69, 9.17) is 0 Å². The minimum atomic E-state index is 0.716. The van der Waals surface area contributed by atoms with Gasteiger partial charge in [0.15, 0.2) is 0 Å². The Kier molecular flexibility index (Phi) is 3.76. The summed E-state index contributed by atoms with van der Waals surface area (Å²) in [4.78, 5) is 0. The van der Waals surface area contributed by atoms with E-state index in [2.05, 4.69) is 56.3 Å². The van der Waals surface area contributed by atoms with Crippen molar-refractivity contribution >= 4 is 0 Å². The van der Waals surface area contributed by atoms with E-state index < -0.39 is 0 Å². The van der Waals surface area contributed by atoms with E-state index in [9.17, 15) is 5.26 Å². The van der Waals surface area contributed by atoms with Crippen molar-refractivity contribution in [3.63, 3.8) is 0 Å². The molecule has 106 valence electrons. The average molecular weight is 283 g/mol. The molecule has 0 saturated carbocycles. The van der Waals surface area contributed by atoms with Crippen molar-refractivity contribution in [2.24, 2.45) is 0 Å². The lowest BCUT2D eigenvalue weighted by molar-refractivity contribution is 1.41. The molecule has 0 amide bonds. The molecule has 0 aliphatic heterocycles. The molecule has 22 heavy (non-hydrogen) atoms. The number of hydrogen-bond acceptors (Lipinski definition) is 1. The summed E-state index contributed by atoms with van der Waals surface area (Å²) in [7, 11) is 0. The summed E-state index contributed by atoms with van der Waals surface area (Å²) < 4.78 is 0. The highest BCUT2D eigenvalue weighted by atomic mass is 14.3. The molecule has 3 aromatic carbocycles. The monoisotopic (exact) mass is 283 g/mol. The number of nitrogens with zero attached hydrogens (tertiary/aromatic N) is 1. The lowest BCUT2D eigenvalue weighted by atomic mass is 9.90. The maximum Gasteiger partial charge on any atom is 0.0998 e. The third-order valence-corrected chi connectivity index (χ3v) is 3.85. The largest absolute Gasteiger partial charge is 0.192 e. The third-order valence-electron chi connectivity index (χ3n) is 3.85. The first kappa shape index (κ1) is 14.1. The summed E-state index contributed by atoms with van der Waals surface area (Å²) >= 11 is 0. The van der Waals surface area contributed by atoms with Crippen molar-refractivity contribution < 1.29 is 0 Å². The molecule has 0 fully saturated rings. The van der Waals surface area contributed by atoms with Gasteiger partial charge in [-0.25, -0.2) is 0 Å². The average Bonchev–Trinajstić information content (AvgIpc) is 2.55. The molecule has 0 atom stereocenters. The van der Waals surface area contributed by atoms with Gasteiger partial charge >= 0.3 is 0 Å². The second-order valence-electron chi connectivity index (χ2n) is 5.58. The summed E-state index contributed by atoms with van der Waals surface area (Å²) in [6, 6.07) is 25.0. The Balaban J connectivity index is 2.30. The SMILES string of the molecule is Cc1ccc(C#N)c(-c2cc(C)ccc2-c2ccccc2)c1. The molecule has 0 aromatic heterocycles. The van der Waals surface area contributed by atoms with Crippen molar-refractivity contribution in [2.75, 3.05) is 0 Å². The van der Waals surface area contributed by atoms with Crippen LogP contribution in [0.3, 0.4) is 0 Å². The standard InChI is InChI=1S/C21H17N/c1-15-8-10-18(14-22)20(12-15)21-13-16(2)9-11-19(21)17-6-4-3-5-7-17/h3-13H,1-2H3. The minimum Gasteiger partial charge on any atom is -0.192 e. The lowest BCUT2D eigenvalue weighted by Gasteiger charge is -2.13. The maximum absolute atomic E-state index is 9.45. The van der Waals surface area contributed by atoms with Crippen molar-refractivity contribution in [1.29, 1.82) is 5.26 Å². The van der Waals surface area contributed by atoms with Gasteiger partial charge in [-0.15, -0.1) is 0 Å². The zero-order chi connectivity index (χ0) is 15.5. The first-order valence-electron chi connectivity index (χ1n) is 7.36. The molecule has 0 N–H and O–H groups in total. The van der Waals surface area contributed by atoms with Crippen LogP contribution >= 0.6 is 0 Å². The van der Waals surface area contributed by atoms with Crippen molar-refractivity contribution in [2.45, 2.75) is 13.8 Å². The highest BCUT2D eigenvalue weighted by Gasteiger charge is 2.11. The van der Waals surface area contributed by atoms with Gasteiger partial charge in [0.25, 0.3) is 0 Å². The van der Waals surface area contributed by atoms with E-state index >= 15 is 0 Å². The fraction of sp³-hybridized carbons (Fsp3) is 0.0952. The van der Waals surface area contributed by atoms with Gasteiger partial charge in [0.1, 0.15) is 0 Å². The van der Waals surface area contributed by atoms with Crippen LogP contribution in [0.2, 0.25) is 0 Å². The molecule has 1 heteroatoms. The van der Waals surface area contributed by atoms with Crippen LogP contribution < -0.4 is 0 Å². The van der Waals surface area contributed by atoms with Crippen LogP contribution in [-0.2, 0) is 0 Å². The Morgan fingerprint density at radius 2 is 1.32 bits per heavy atom. The summed E-state index contributed by atoms with van der Waals surface area (Å²) in [5.41, 5.74) is 7.52. The summed E-state index contributed by atoms with van der Waals surface area (Å²) in [6.07, 6.45) is 0. The molecule has 3 aromatic rings. The van der Waals surface area contributed by atoms with Crippen LogP contribution in [-0.4, -0.2) is 0 Å². The second-order valence-corrected chi connectivity index (χ2v) is 5.58. The van der Waals surface area contributed by atoms with E-state index in [1.165, 1.54) is 11.1 Å². The normalized spacial score (nSPS) is 10.2. The Labute approximate surface area is 131 Å². The quantitative estimate of drug-likeness (QED) is 0.608. The topological polar surface area (TPSA) is 23.8 Å². The number of aryl methyl sites for hydroxylation is 2. The van der Waals surface area contributed by atoms with Gasteiger partial charge in [-0.05, 0) is 36.6 Å². The number of rotatable bonds is 2. The van der Waals surface area contributed by atoms with Gasteiger partial charge in [0.05, 0.1) is 11.6 Å². The van der Waals surface area contributed by atoms with Gasteiger partial charge in [0.2, 0.25) is 0 Å². The van der Waals surface area contributed by atoms with Crippen molar-refractivity contribution in [3.05, 3.63) is 83.4 Å². The highest BCUT2D eigenvalue weighted by Crippen LogP contribution is 2.35. The molecule has 1 nitrogen and oxygen atoms in total. The molecular weight excluding hydrogens is 266 g/mol. The molecule has 0 aliphatic rings. The van der Waals surface area contributed by atoms with E-state index in [0.717, 1.165) is 22.3 Å². The first-order chi connectivity index (χ1) is 10.7. The van der Waals surface area contributed by atoms with Gasteiger partial charge in [-0.1, -0.05) is 71.8 Å². The molecule has 0 saturated heterocycles. The molecule has 0 bridgehead atoms.